The van der Waals surface area contributed by atoms with Crippen LogP contribution in [0, 0.1) is 13.8 Å². The Morgan fingerprint density at radius 3 is 2.26 bits per heavy atom. The molecule has 1 aromatic carbocycles. The summed E-state index contributed by atoms with van der Waals surface area (Å²) in [6, 6.07) is 11.9. The van der Waals surface area contributed by atoms with Crippen molar-refractivity contribution >= 4 is 12.4 Å². The Hall–Kier alpha value is -2.60. The second-order valence-corrected chi connectivity index (χ2v) is 5.52. The van der Waals surface area contributed by atoms with Gasteiger partial charge in [-0.05, 0) is 38.5 Å². The van der Waals surface area contributed by atoms with Crippen molar-refractivity contribution < 1.29 is 14.3 Å². The Morgan fingerprint density at radius 2 is 1.78 bits per heavy atom. The molecule has 1 amide bonds. The lowest BCUT2D eigenvalue weighted by atomic mass is 10.1. The Balaban J connectivity index is 0.000000838. The zero-order chi connectivity index (χ0) is 20.7. The van der Waals surface area contributed by atoms with E-state index < -0.39 is 0 Å². The predicted octanol–water partition coefficient (Wildman–Crippen LogP) is 3.20. The van der Waals surface area contributed by atoms with E-state index in [1.807, 2.05) is 68.7 Å². The highest BCUT2D eigenvalue weighted by Crippen LogP contribution is 2.09. The molecular weight excluding hydrogens is 342 g/mol. The minimum absolute atomic E-state index is 0.0628. The number of aromatic nitrogens is 1. The van der Waals surface area contributed by atoms with Crippen molar-refractivity contribution in [3.8, 4) is 0 Å². The molecule has 150 valence electrons. The summed E-state index contributed by atoms with van der Waals surface area (Å²) in [6.45, 7) is 12.4. The van der Waals surface area contributed by atoms with Crippen molar-refractivity contribution in [3.05, 3.63) is 58.9 Å². The normalized spacial score (nSPS) is 9.26. The van der Waals surface area contributed by atoms with E-state index in [9.17, 15) is 9.59 Å². The van der Waals surface area contributed by atoms with Gasteiger partial charge in [0.25, 0.3) is 12.4 Å². The summed E-state index contributed by atoms with van der Waals surface area (Å²) >= 11 is 0. The van der Waals surface area contributed by atoms with E-state index in [0.717, 1.165) is 11.3 Å². The minimum Gasteiger partial charge on any atom is -0.468 e. The first kappa shape index (κ1) is 24.4. The topological polar surface area (TPSA) is 86.3 Å². The number of amides is 1. The zero-order valence-corrected chi connectivity index (χ0v) is 17.1. The SMILES string of the molecule is CC.CCOC=O.Cc1ccc(CNC(=O)c2ccc(C)n2CCN)cc1. The maximum atomic E-state index is 12.2. The molecule has 0 saturated heterocycles. The van der Waals surface area contributed by atoms with Crippen LogP contribution in [0.1, 0.15) is 48.1 Å². The van der Waals surface area contributed by atoms with Gasteiger partial charge in [0.2, 0.25) is 0 Å². The molecule has 2 rings (SSSR count). The number of benzene rings is 1. The van der Waals surface area contributed by atoms with Gasteiger partial charge in [-0.2, -0.15) is 0 Å². The monoisotopic (exact) mass is 375 g/mol. The summed E-state index contributed by atoms with van der Waals surface area (Å²) in [7, 11) is 0. The van der Waals surface area contributed by atoms with Crippen molar-refractivity contribution in [2.24, 2.45) is 5.73 Å². The van der Waals surface area contributed by atoms with E-state index in [4.69, 9.17) is 5.73 Å². The molecule has 6 heteroatoms. The fourth-order valence-electron chi connectivity index (χ4n) is 2.24. The molecule has 1 aromatic heterocycles. The first-order valence-corrected chi connectivity index (χ1v) is 9.28. The van der Waals surface area contributed by atoms with Gasteiger partial charge in [-0.15, -0.1) is 0 Å². The molecule has 6 nitrogen and oxygen atoms in total. The molecule has 0 bridgehead atoms. The molecule has 1 heterocycles. The Morgan fingerprint density at radius 1 is 1.15 bits per heavy atom. The Kier molecular flexibility index (Phi) is 13.2. The van der Waals surface area contributed by atoms with Crippen molar-refractivity contribution in [1.29, 1.82) is 0 Å². The van der Waals surface area contributed by atoms with E-state index in [1.54, 1.807) is 6.92 Å². The number of nitrogens with two attached hydrogens (primary N) is 1. The standard InChI is InChI=1S/C16H21N3O.C3H6O2.C2H6/c1-12-3-6-14(7-4-12)11-18-16(20)15-8-5-13(2)19(15)10-9-17;1-2-5-3-4;1-2/h3-8H,9-11,17H2,1-2H3,(H,18,20);3H,2H2,1H3;1-2H3. The lowest BCUT2D eigenvalue weighted by molar-refractivity contribution is -0.128. The summed E-state index contributed by atoms with van der Waals surface area (Å²) in [5, 5.41) is 2.95. The summed E-state index contributed by atoms with van der Waals surface area (Å²) < 4.78 is 6.10. The molecule has 0 atom stereocenters. The quantitative estimate of drug-likeness (QED) is 0.728. The highest BCUT2D eigenvalue weighted by molar-refractivity contribution is 5.92. The fraction of sp³-hybridized carbons (Fsp3) is 0.429. The molecule has 0 saturated carbocycles. The first-order chi connectivity index (χ1) is 13.0. The summed E-state index contributed by atoms with van der Waals surface area (Å²) in [6.07, 6.45) is 0. The largest absolute Gasteiger partial charge is 0.468 e. The van der Waals surface area contributed by atoms with Gasteiger partial charge in [0.1, 0.15) is 5.69 Å². The van der Waals surface area contributed by atoms with Gasteiger partial charge in [0.15, 0.2) is 0 Å². The van der Waals surface area contributed by atoms with Crippen molar-refractivity contribution in [1.82, 2.24) is 9.88 Å². The Labute approximate surface area is 162 Å². The van der Waals surface area contributed by atoms with Gasteiger partial charge in [0, 0.05) is 25.3 Å². The molecule has 0 unspecified atom stereocenters. The minimum atomic E-state index is -0.0628. The molecule has 2 aromatic rings. The molecule has 0 radical (unpaired) electrons. The van der Waals surface area contributed by atoms with Gasteiger partial charge >= 0.3 is 0 Å². The summed E-state index contributed by atoms with van der Waals surface area (Å²) in [5.74, 6) is -0.0628. The average molecular weight is 376 g/mol. The predicted molar refractivity (Wildman–Crippen MR) is 110 cm³/mol. The lowest BCUT2D eigenvalue weighted by Crippen LogP contribution is -2.26. The Bertz CT molecular complexity index is 664. The van der Waals surface area contributed by atoms with Gasteiger partial charge < -0.3 is 20.4 Å². The number of hydrogen-bond acceptors (Lipinski definition) is 4. The number of aryl methyl sites for hydroxylation is 2. The third-order valence-electron chi connectivity index (χ3n) is 3.59. The maximum Gasteiger partial charge on any atom is 0.293 e. The van der Waals surface area contributed by atoms with E-state index in [1.165, 1.54) is 5.56 Å². The highest BCUT2D eigenvalue weighted by atomic mass is 16.5. The van der Waals surface area contributed by atoms with Crippen LogP contribution in [0.2, 0.25) is 0 Å². The van der Waals surface area contributed by atoms with Crippen LogP contribution in [0.15, 0.2) is 36.4 Å². The van der Waals surface area contributed by atoms with Gasteiger partial charge in [-0.3, -0.25) is 9.59 Å². The van der Waals surface area contributed by atoms with E-state index in [2.05, 4.69) is 10.1 Å². The summed E-state index contributed by atoms with van der Waals surface area (Å²) in [5.41, 5.74) is 9.61. The van der Waals surface area contributed by atoms with Gasteiger partial charge in [0.05, 0.1) is 6.61 Å². The maximum absolute atomic E-state index is 12.2. The van der Waals surface area contributed by atoms with Crippen LogP contribution in [-0.2, 0) is 22.6 Å². The van der Waals surface area contributed by atoms with Gasteiger partial charge in [-0.1, -0.05) is 43.7 Å². The third kappa shape index (κ3) is 9.06. The smallest absolute Gasteiger partial charge is 0.293 e. The van der Waals surface area contributed by atoms with Crippen molar-refractivity contribution in [2.75, 3.05) is 13.2 Å². The second-order valence-electron chi connectivity index (χ2n) is 5.52. The molecule has 0 spiro atoms. The molecule has 0 aliphatic rings. The number of rotatable bonds is 7. The molecule has 0 fully saturated rings. The average Bonchev–Trinajstić information content (AvgIpc) is 3.05. The number of carbonyl (C=O) groups is 2. The van der Waals surface area contributed by atoms with Crippen molar-refractivity contribution in [2.45, 2.75) is 47.7 Å². The number of hydrogen-bond donors (Lipinski definition) is 2. The van der Waals surface area contributed by atoms with Crippen LogP contribution in [-0.4, -0.2) is 30.1 Å². The number of carbonyl (C=O) groups excluding carboxylic acids is 2. The van der Waals surface area contributed by atoms with Gasteiger partial charge in [-0.25, -0.2) is 0 Å². The van der Waals surface area contributed by atoms with Crippen LogP contribution in [0.25, 0.3) is 0 Å². The molecular formula is C21H33N3O3. The molecule has 27 heavy (non-hydrogen) atoms. The van der Waals surface area contributed by atoms with Crippen LogP contribution < -0.4 is 11.1 Å². The number of nitrogens with zero attached hydrogens (tertiary/aromatic N) is 1. The zero-order valence-electron chi connectivity index (χ0n) is 17.1. The van der Waals surface area contributed by atoms with Crippen LogP contribution in [0.4, 0.5) is 0 Å². The number of nitrogens with one attached hydrogen (secondary N) is 1. The highest BCUT2D eigenvalue weighted by Gasteiger charge is 2.12. The summed E-state index contributed by atoms with van der Waals surface area (Å²) in [4.78, 5) is 21.4. The number of ether oxygens (including phenoxy) is 1. The van der Waals surface area contributed by atoms with Crippen LogP contribution in [0.3, 0.4) is 0 Å². The van der Waals surface area contributed by atoms with E-state index in [-0.39, 0.29) is 5.91 Å². The molecule has 3 N–H and O–H groups in total. The molecule has 0 aliphatic carbocycles. The van der Waals surface area contributed by atoms with Crippen LogP contribution >= 0.6 is 0 Å². The second kappa shape index (κ2) is 14.6. The lowest BCUT2D eigenvalue weighted by Gasteiger charge is -2.11. The molecule has 0 aliphatic heterocycles. The third-order valence-corrected chi connectivity index (χ3v) is 3.59. The van der Waals surface area contributed by atoms with E-state index in [0.29, 0.717) is 38.4 Å². The fourth-order valence-corrected chi connectivity index (χ4v) is 2.24. The first-order valence-electron chi connectivity index (χ1n) is 9.28. The van der Waals surface area contributed by atoms with Crippen molar-refractivity contribution in [3.63, 3.8) is 0 Å². The van der Waals surface area contributed by atoms with E-state index >= 15 is 0 Å². The van der Waals surface area contributed by atoms with Crippen LogP contribution in [0.5, 0.6) is 0 Å².